The summed E-state index contributed by atoms with van der Waals surface area (Å²) >= 11 is 0. The highest BCUT2D eigenvalue weighted by Gasteiger charge is 2.45. The average molecular weight is 477 g/mol. The van der Waals surface area contributed by atoms with Crippen molar-refractivity contribution in [2.45, 2.75) is 12.8 Å². The molecule has 0 saturated carbocycles. The number of nitrogens with zero attached hydrogens (tertiary/aromatic N) is 7. The first-order chi connectivity index (χ1) is 17.0. The van der Waals surface area contributed by atoms with Crippen molar-refractivity contribution in [3.05, 3.63) is 54.6 Å². The van der Waals surface area contributed by atoms with Gasteiger partial charge in [-0.15, -0.1) is 5.10 Å². The van der Waals surface area contributed by atoms with E-state index in [0.717, 1.165) is 24.3 Å². The summed E-state index contributed by atoms with van der Waals surface area (Å²) in [6.07, 6.45) is 5.83. The maximum atomic E-state index is 13.0. The second-order valence-electron chi connectivity index (χ2n) is 9.19. The van der Waals surface area contributed by atoms with Crippen molar-refractivity contribution in [2.75, 3.05) is 50.7 Å². The molecule has 0 bridgehead atoms. The summed E-state index contributed by atoms with van der Waals surface area (Å²) in [6.45, 7) is 3.93. The molecule has 2 aliphatic rings. The Morgan fingerprint density at radius 2 is 1.77 bits per heavy atom. The Labute approximate surface area is 202 Å². The van der Waals surface area contributed by atoms with E-state index in [4.69, 9.17) is 0 Å². The number of aliphatic carboxylic acids is 1. The van der Waals surface area contributed by atoms with Gasteiger partial charge in [0.05, 0.1) is 23.9 Å². The van der Waals surface area contributed by atoms with Gasteiger partial charge in [-0.3, -0.25) is 19.6 Å². The third-order valence-corrected chi connectivity index (χ3v) is 6.93. The molecule has 0 radical (unpaired) electrons. The van der Waals surface area contributed by atoms with Crippen LogP contribution in [0.15, 0.2) is 48.9 Å². The van der Waals surface area contributed by atoms with Crippen molar-refractivity contribution in [1.29, 1.82) is 0 Å². The van der Waals surface area contributed by atoms with Crippen molar-refractivity contribution in [1.82, 2.24) is 35.2 Å². The zero-order chi connectivity index (χ0) is 24.3. The number of aromatic nitrogens is 5. The molecule has 5 rings (SSSR count). The standard InChI is InChI=1S/C24H28N8O3/c33-21(16-30-9-6-24(17-30,23(34)35)14-19-15-27-29-28-19)32-12-10-31(11-13-32)20-4-2-18(3-5-20)22-25-7-1-8-26-22/h1-5,7-8,15H,6,9-14,16-17H2,(H,34,35)(H,27,28,29). The van der Waals surface area contributed by atoms with E-state index in [1.165, 1.54) is 0 Å². The molecule has 0 spiro atoms. The van der Waals surface area contributed by atoms with Gasteiger partial charge >= 0.3 is 5.97 Å². The number of carboxylic acids is 1. The highest BCUT2D eigenvalue weighted by molar-refractivity contribution is 5.79. The Kier molecular flexibility index (Phi) is 6.41. The lowest BCUT2D eigenvalue weighted by Gasteiger charge is -2.37. The zero-order valence-corrected chi connectivity index (χ0v) is 19.4. The van der Waals surface area contributed by atoms with Crippen LogP contribution in [0.3, 0.4) is 0 Å². The van der Waals surface area contributed by atoms with Gasteiger partial charge in [-0.05, 0) is 43.3 Å². The van der Waals surface area contributed by atoms with Gasteiger partial charge in [0.25, 0.3) is 0 Å². The molecule has 1 amide bonds. The SMILES string of the molecule is O=C(CN1CCC(Cc2cnn[nH]2)(C(=O)O)C1)N1CCN(c2ccc(-c3ncccn3)cc2)CC1. The molecule has 2 saturated heterocycles. The van der Waals surface area contributed by atoms with Crippen molar-refractivity contribution in [3.8, 4) is 11.4 Å². The topological polar surface area (TPSA) is 131 Å². The summed E-state index contributed by atoms with van der Waals surface area (Å²) in [7, 11) is 0. The van der Waals surface area contributed by atoms with E-state index in [9.17, 15) is 14.7 Å². The van der Waals surface area contributed by atoms with Crippen molar-refractivity contribution >= 4 is 17.6 Å². The summed E-state index contributed by atoms with van der Waals surface area (Å²) in [5.74, 6) is -0.101. The number of rotatable bonds is 7. The highest BCUT2D eigenvalue weighted by atomic mass is 16.4. The third kappa shape index (κ3) is 4.99. The van der Waals surface area contributed by atoms with Gasteiger partial charge in [0, 0.05) is 62.8 Å². The second kappa shape index (κ2) is 9.79. The second-order valence-corrected chi connectivity index (χ2v) is 9.19. The summed E-state index contributed by atoms with van der Waals surface area (Å²) in [5, 5.41) is 20.1. The fraction of sp³-hybridized carbons (Fsp3) is 0.417. The predicted molar refractivity (Wildman–Crippen MR) is 127 cm³/mol. The van der Waals surface area contributed by atoms with Gasteiger partial charge in [-0.1, -0.05) is 5.21 Å². The Bertz CT molecular complexity index is 1150. The fourth-order valence-electron chi connectivity index (χ4n) is 4.93. The molecule has 3 aromatic rings. The number of aromatic amines is 1. The minimum absolute atomic E-state index is 0.0469. The number of piperazine rings is 1. The molecule has 1 aromatic carbocycles. The minimum Gasteiger partial charge on any atom is -0.481 e. The molecule has 11 heteroatoms. The zero-order valence-electron chi connectivity index (χ0n) is 19.4. The lowest BCUT2D eigenvalue weighted by atomic mass is 9.82. The number of likely N-dealkylation sites (tertiary alicyclic amines) is 1. The predicted octanol–water partition coefficient (Wildman–Crippen LogP) is 0.930. The van der Waals surface area contributed by atoms with Gasteiger partial charge in [-0.2, -0.15) is 0 Å². The van der Waals surface area contributed by atoms with E-state index in [1.807, 2.05) is 21.9 Å². The summed E-state index contributed by atoms with van der Waals surface area (Å²) < 4.78 is 0. The average Bonchev–Trinajstić information content (AvgIpc) is 3.56. The van der Waals surface area contributed by atoms with E-state index < -0.39 is 11.4 Å². The van der Waals surface area contributed by atoms with Gasteiger partial charge in [0.2, 0.25) is 5.91 Å². The van der Waals surface area contributed by atoms with Crippen LogP contribution in [-0.2, 0) is 16.0 Å². The van der Waals surface area contributed by atoms with E-state index in [-0.39, 0.29) is 12.5 Å². The minimum atomic E-state index is -0.926. The number of hydrogen-bond donors (Lipinski definition) is 2. The maximum absolute atomic E-state index is 13.0. The molecule has 2 N–H and O–H groups in total. The molecule has 4 heterocycles. The number of carboxylic acid groups (broad SMARTS) is 1. The van der Waals surface area contributed by atoms with Gasteiger partial charge in [-0.25, -0.2) is 9.97 Å². The third-order valence-electron chi connectivity index (χ3n) is 6.93. The largest absolute Gasteiger partial charge is 0.481 e. The van der Waals surface area contributed by atoms with E-state index >= 15 is 0 Å². The van der Waals surface area contributed by atoms with Crippen LogP contribution in [0.4, 0.5) is 5.69 Å². The van der Waals surface area contributed by atoms with E-state index in [2.05, 4.69) is 42.4 Å². The van der Waals surface area contributed by atoms with Crippen LogP contribution in [0.1, 0.15) is 12.1 Å². The monoisotopic (exact) mass is 476 g/mol. The lowest BCUT2D eigenvalue weighted by molar-refractivity contribution is -0.148. The number of hydrogen-bond acceptors (Lipinski definition) is 8. The van der Waals surface area contributed by atoms with Gasteiger partial charge < -0.3 is 14.9 Å². The van der Waals surface area contributed by atoms with Crippen molar-refractivity contribution < 1.29 is 14.7 Å². The molecule has 2 aliphatic heterocycles. The molecule has 35 heavy (non-hydrogen) atoms. The number of amides is 1. The first kappa shape index (κ1) is 22.9. The van der Waals surface area contributed by atoms with Crippen LogP contribution >= 0.6 is 0 Å². The molecule has 1 atom stereocenters. The fourth-order valence-corrected chi connectivity index (χ4v) is 4.93. The molecule has 182 valence electrons. The van der Waals surface area contributed by atoms with Crippen LogP contribution < -0.4 is 4.90 Å². The highest BCUT2D eigenvalue weighted by Crippen LogP contribution is 2.34. The summed E-state index contributed by atoms with van der Waals surface area (Å²) in [4.78, 5) is 39.7. The number of carbonyl (C=O) groups excluding carboxylic acids is 1. The first-order valence-corrected chi connectivity index (χ1v) is 11.7. The molecule has 0 aliphatic carbocycles. The van der Waals surface area contributed by atoms with Crippen LogP contribution in [0.2, 0.25) is 0 Å². The van der Waals surface area contributed by atoms with Gasteiger partial charge in [0.1, 0.15) is 0 Å². The Balaban J connectivity index is 1.13. The maximum Gasteiger partial charge on any atom is 0.311 e. The molecule has 2 fully saturated rings. The Morgan fingerprint density at radius 3 is 2.43 bits per heavy atom. The molecule has 11 nitrogen and oxygen atoms in total. The summed E-state index contributed by atoms with van der Waals surface area (Å²) in [6, 6.07) is 9.96. The Hall–Kier alpha value is -3.86. The number of H-pyrrole nitrogens is 1. The smallest absolute Gasteiger partial charge is 0.311 e. The lowest BCUT2D eigenvalue weighted by Crippen LogP contribution is -2.51. The Morgan fingerprint density at radius 1 is 1.03 bits per heavy atom. The number of benzene rings is 1. The summed E-state index contributed by atoms with van der Waals surface area (Å²) in [5.41, 5.74) is 1.84. The van der Waals surface area contributed by atoms with Gasteiger partial charge in [0.15, 0.2) is 5.82 Å². The molecular formula is C24H28N8O3. The number of anilines is 1. The van der Waals surface area contributed by atoms with Crippen molar-refractivity contribution in [3.63, 3.8) is 0 Å². The number of nitrogens with one attached hydrogen (secondary N) is 1. The van der Waals surface area contributed by atoms with Crippen LogP contribution in [-0.4, -0.2) is 98.0 Å². The number of carbonyl (C=O) groups is 2. The quantitative estimate of drug-likeness (QED) is 0.511. The van der Waals surface area contributed by atoms with Crippen molar-refractivity contribution in [2.24, 2.45) is 5.41 Å². The van der Waals surface area contributed by atoms with Crippen LogP contribution in [0.25, 0.3) is 11.4 Å². The molecule has 1 unspecified atom stereocenters. The van der Waals surface area contributed by atoms with Crippen LogP contribution in [0.5, 0.6) is 0 Å². The van der Waals surface area contributed by atoms with Crippen LogP contribution in [0, 0.1) is 5.41 Å². The molecule has 2 aromatic heterocycles. The van der Waals surface area contributed by atoms with E-state index in [0.29, 0.717) is 50.5 Å². The van der Waals surface area contributed by atoms with E-state index in [1.54, 1.807) is 24.7 Å². The normalized spacial score (nSPS) is 20.8. The molecular weight excluding hydrogens is 448 g/mol. The first-order valence-electron chi connectivity index (χ1n) is 11.7.